The molecule has 0 amide bonds. The molecule has 312 valence electrons. The fourth-order valence-electron chi connectivity index (χ4n) is 5.29. The summed E-state index contributed by atoms with van der Waals surface area (Å²) in [6, 6.07) is -1.53. The quantitative estimate of drug-likeness (QED) is 0.0235. The number of hydrogen-bond donors (Lipinski definition) is 3. The van der Waals surface area contributed by atoms with Crippen LogP contribution >= 0.6 is 7.82 Å². The van der Waals surface area contributed by atoms with Crippen molar-refractivity contribution in [2.24, 2.45) is 5.73 Å². The summed E-state index contributed by atoms with van der Waals surface area (Å²) in [5, 5.41) is 8.87. The molecule has 0 saturated carbocycles. The van der Waals surface area contributed by atoms with E-state index in [1.807, 2.05) is 12.2 Å². The van der Waals surface area contributed by atoms with Gasteiger partial charge in [-0.25, -0.2) is 4.57 Å². The molecule has 0 fully saturated rings. The lowest BCUT2D eigenvalue weighted by atomic mass is 10.0. The Bertz CT molecular complexity index is 1110. The largest absolute Gasteiger partial charge is 0.480 e. The molecule has 0 saturated heterocycles. The van der Waals surface area contributed by atoms with Crippen LogP contribution in [0.3, 0.4) is 0 Å². The number of unbranched alkanes of at least 4 members (excludes halogenated alkanes) is 16. The molecule has 54 heavy (non-hydrogen) atoms. The number of esters is 2. The van der Waals surface area contributed by atoms with Crippen LogP contribution in [0.4, 0.5) is 0 Å². The molecule has 3 atom stereocenters. The summed E-state index contributed by atoms with van der Waals surface area (Å²) in [5.74, 6) is -2.45. The molecule has 0 heterocycles. The average molecular weight is 784 g/mol. The highest BCUT2D eigenvalue weighted by atomic mass is 31.2. The van der Waals surface area contributed by atoms with E-state index in [9.17, 15) is 23.8 Å². The molecule has 0 aliphatic rings. The number of carbonyl (C=O) groups excluding carboxylic acids is 2. The van der Waals surface area contributed by atoms with Gasteiger partial charge >= 0.3 is 25.7 Å². The number of aliphatic carboxylic acids is 1. The van der Waals surface area contributed by atoms with Gasteiger partial charge in [0.15, 0.2) is 6.10 Å². The van der Waals surface area contributed by atoms with Gasteiger partial charge in [-0.1, -0.05) is 152 Å². The van der Waals surface area contributed by atoms with Gasteiger partial charge in [0.05, 0.1) is 13.2 Å². The van der Waals surface area contributed by atoms with E-state index in [1.54, 1.807) is 0 Å². The Kier molecular flexibility index (Phi) is 35.6. The molecule has 12 heteroatoms. The summed E-state index contributed by atoms with van der Waals surface area (Å²) in [6.45, 7) is 2.71. The van der Waals surface area contributed by atoms with E-state index >= 15 is 0 Å². The second kappa shape index (κ2) is 37.4. The van der Waals surface area contributed by atoms with Crippen LogP contribution in [0, 0.1) is 0 Å². The third kappa shape index (κ3) is 36.4. The van der Waals surface area contributed by atoms with E-state index in [-0.39, 0.29) is 19.4 Å². The Hall–Kier alpha value is -2.56. The van der Waals surface area contributed by atoms with Crippen molar-refractivity contribution >= 4 is 25.7 Å². The van der Waals surface area contributed by atoms with Gasteiger partial charge in [0.2, 0.25) is 0 Å². The maximum absolute atomic E-state index is 12.6. The number of phosphoric acid groups is 1. The Morgan fingerprint density at radius 1 is 0.574 bits per heavy atom. The van der Waals surface area contributed by atoms with Crippen LogP contribution in [0.5, 0.6) is 0 Å². The normalized spacial score (nSPS) is 14.3. The lowest BCUT2D eigenvalue weighted by Crippen LogP contribution is -2.34. The Morgan fingerprint density at radius 3 is 1.52 bits per heavy atom. The van der Waals surface area contributed by atoms with Gasteiger partial charge < -0.3 is 25.2 Å². The monoisotopic (exact) mass is 784 g/mol. The number of hydrogen-bond acceptors (Lipinski definition) is 9. The highest BCUT2D eigenvalue weighted by molar-refractivity contribution is 7.47. The number of phosphoric ester groups is 1. The van der Waals surface area contributed by atoms with Gasteiger partial charge in [-0.2, -0.15) is 0 Å². The summed E-state index contributed by atoms with van der Waals surface area (Å²) < 4.78 is 32.6. The predicted molar refractivity (Wildman–Crippen MR) is 217 cm³/mol. The van der Waals surface area contributed by atoms with Crippen molar-refractivity contribution in [3.8, 4) is 0 Å². The standard InChI is InChI=1S/C42H74NO10P/c1-3-5-7-9-11-13-15-17-18-19-20-22-23-25-27-29-31-33-40(44)50-35-38(36-51-54(48,49)52-37-39(43)42(46)47)53-41(45)34-32-30-28-26-24-21-16-14-12-10-8-6-4-2/h11,13,17-18,20,22,25,27,38-39H,3-10,12,14-16,19,21,23-24,26,28-37,43H2,1-2H3,(H,46,47)(H,48,49)/t38-,39+/m1/s1. The van der Waals surface area contributed by atoms with Gasteiger partial charge in [-0.05, 0) is 51.4 Å². The third-order valence-corrected chi connectivity index (χ3v) is 9.53. The van der Waals surface area contributed by atoms with E-state index in [4.69, 9.17) is 24.8 Å². The summed E-state index contributed by atoms with van der Waals surface area (Å²) >= 11 is 0. The first-order valence-electron chi connectivity index (χ1n) is 20.7. The van der Waals surface area contributed by atoms with E-state index in [0.29, 0.717) is 19.3 Å². The number of carboxylic acid groups (broad SMARTS) is 1. The van der Waals surface area contributed by atoms with Crippen molar-refractivity contribution in [2.45, 2.75) is 180 Å². The van der Waals surface area contributed by atoms with Crippen molar-refractivity contribution in [1.29, 1.82) is 0 Å². The lowest BCUT2D eigenvalue weighted by molar-refractivity contribution is -0.161. The molecule has 4 N–H and O–H groups in total. The van der Waals surface area contributed by atoms with Crippen LogP contribution in [0.25, 0.3) is 0 Å². The van der Waals surface area contributed by atoms with Crippen molar-refractivity contribution in [2.75, 3.05) is 19.8 Å². The molecule has 0 radical (unpaired) electrons. The number of ether oxygens (including phenoxy) is 2. The summed E-state index contributed by atoms with van der Waals surface area (Å²) in [7, 11) is -4.72. The Labute approximate surface area is 326 Å². The van der Waals surface area contributed by atoms with Crippen LogP contribution < -0.4 is 5.73 Å². The molecule has 0 aromatic carbocycles. The lowest BCUT2D eigenvalue weighted by Gasteiger charge is -2.20. The molecular weight excluding hydrogens is 709 g/mol. The number of allylic oxidation sites excluding steroid dienone is 8. The van der Waals surface area contributed by atoms with Crippen LogP contribution in [0.1, 0.15) is 168 Å². The topological polar surface area (TPSA) is 172 Å². The number of carbonyl (C=O) groups is 3. The van der Waals surface area contributed by atoms with Crippen LogP contribution in [-0.4, -0.2) is 59.9 Å². The zero-order valence-corrected chi connectivity index (χ0v) is 34.4. The first kappa shape index (κ1) is 51.4. The first-order chi connectivity index (χ1) is 26.1. The molecule has 0 bridgehead atoms. The van der Waals surface area contributed by atoms with Crippen molar-refractivity contribution in [3.05, 3.63) is 48.6 Å². The fraction of sp³-hybridized carbons (Fsp3) is 0.738. The number of rotatable bonds is 38. The molecule has 0 aliphatic heterocycles. The summed E-state index contributed by atoms with van der Waals surface area (Å²) in [5.41, 5.74) is 5.32. The third-order valence-electron chi connectivity index (χ3n) is 8.58. The molecule has 0 aromatic rings. The highest BCUT2D eigenvalue weighted by Crippen LogP contribution is 2.43. The second-order valence-corrected chi connectivity index (χ2v) is 15.2. The first-order valence-corrected chi connectivity index (χ1v) is 22.2. The minimum absolute atomic E-state index is 0.146. The Morgan fingerprint density at radius 2 is 1.00 bits per heavy atom. The Balaban J connectivity index is 4.49. The smallest absolute Gasteiger partial charge is 0.472 e. The zero-order valence-electron chi connectivity index (χ0n) is 33.6. The van der Waals surface area contributed by atoms with Gasteiger partial charge in [0.25, 0.3) is 0 Å². The molecule has 11 nitrogen and oxygen atoms in total. The van der Waals surface area contributed by atoms with Gasteiger partial charge in [-0.3, -0.25) is 23.4 Å². The van der Waals surface area contributed by atoms with E-state index in [0.717, 1.165) is 44.9 Å². The van der Waals surface area contributed by atoms with Crippen molar-refractivity contribution in [3.63, 3.8) is 0 Å². The molecule has 0 rings (SSSR count). The maximum Gasteiger partial charge on any atom is 0.472 e. The molecule has 0 aliphatic carbocycles. The van der Waals surface area contributed by atoms with E-state index in [1.165, 1.54) is 77.0 Å². The molecule has 0 aromatic heterocycles. The van der Waals surface area contributed by atoms with Crippen LogP contribution in [-0.2, 0) is 37.5 Å². The minimum atomic E-state index is -4.72. The van der Waals surface area contributed by atoms with Gasteiger partial charge in [-0.15, -0.1) is 0 Å². The molecule has 1 unspecified atom stereocenters. The SMILES string of the molecule is CCCCCC=CCC=CCC=CCC=CCCCC(=O)OC[C@H](COP(=O)(O)OC[C@H](N)C(=O)O)OC(=O)CCCCCCCCCCCCCCC. The fourth-order valence-corrected chi connectivity index (χ4v) is 6.07. The maximum atomic E-state index is 12.6. The minimum Gasteiger partial charge on any atom is -0.480 e. The predicted octanol–water partition coefficient (Wildman–Crippen LogP) is 10.6. The van der Waals surface area contributed by atoms with E-state index < -0.39 is 51.1 Å². The average Bonchev–Trinajstić information content (AvgIpc) is 3.14. The number of nitrogens with two attached hydrogens (primary N) is 1. The zero-order chi connectivity index (χ0) is 40.0. The number of carboxylic acids is 1. The van der Waals surface area contributed by atoms with Gasteiger partial charge in [0, 0.05) is 12.8 Å². The van der Waals surface area contributed by atoms with Crippen molar-refractivity contribution < 1.29 is 47.5 Å². The molecular formula is C42H74NO10P. The second-order valence-electron chi connectivity index (χ2n) is 13.8. The molecule has 0 spiro atoms. The highest BCUT2D eigenvalue weighted by Gasteiger charge is 2.28. The summed E-state index contributed by atoms with van der Waals surface area (Å²) in [4.78, 5) is 45.8. The van der Waals surface area contributed by atoms with E-state index in [2.05, 4.69) is 54.8 Å². The van der Waals surface area contributed by atoms with Crippen molar-refractivity contribution in [1.82, 2.24) is 0 Å². The van der Waals surface area contributed by atoms with Crippen LogP contribution in [0.15, 0.2) is 48.6 Å². The van der Waals surface area contributed by atoms with Gasteiger partial charge in [0.1, 0.15) is 12.6 Å². The summed E-state index contributed by atoms with van der Waals surface area (Å²) in [6.07, 6.45) is 40.4. The van der Waals surface area contributed by atoms with Crippen LogP contribution in [0.2, 0.25) is 0 Å².